The quantitative estimate of drug-likeness (QED) is 0.459. The van der Waals surface area contributed by atoms with Crippen molar-refractivity contribution in [2.24, 2.45) is 0 Å². The highest BCUT2D eigenvalue weighted by molar-refractivity contribution is 5.79. The summed E-state index contributed by atoms with van der Waals surface area (Å²) >= 11 is 0. The number of rotatable bonds is 5. The molecule has 1 amide bonds. The summed E-state index contributed by atoms with van der Waals surface area (Å²) in [5.41, 5.74) is 2.00. The van der Waals surface area contributed by atoms with E-state index in [0.29, 0.717) is 24.1 Å². The number of hydrogen-bond acceptors (Lipinski definition) is 2. The molecule has 168 valence electrons. The normalized spacial score (nSPS) is 19.2. The van der Waals surface area contributed by atoms with Crippen molar-refractivity contribution in [2.45, 2.75) is 37.6 Å². The van der Waals surface area contributed by atoms with Crippen molar-refractivity contribution < 1.29 is 18.0 Å². The van der Waals surface area contributed by atoms with Crippen LogP contribution in [0.25, 0.3) is 11.1 Å². The van der Waals surface area contributed by atoms with Gasteiger partial charge < -0.3 is 4.90 Å². The highest BCUT2D eigenvalue weighted by Gasteiger charge is 2.41. The zero-order valence-electron chi connectivity index (χ0n) is 18.2. The SMILES string of the molecule is C[C@@H](c1ccc(-c2ccc(F)cc2F)cc1)N1CC[C@](CC#N)(c2ccc(F)cc2)CC1=O. The Morgan fingerprint density at radius 3 is 2.27 bits per heavy atom. The van der Waals surface area contributed by atoms with Gasteiger partial charge in [-0.25, -0.2) is 13.2 Å². The lowest BCUT2D eigenvalue weighted by atomic mass is 9.70. The standard InChI is InChI=1S/C27H23F3N2O/c1-18(19-2-4-20(5-3-19)24-11-10-23(29)16-25(24)30)32-15-13-27(12-14-31,17-26(32)33)21-6-8-22(28)9-7-21/h2-11,16,18H,12-13,15,17H2,1H3/t18-,27-/m0/s1. The second-order valence-electron chi connectivity index (χ2n) is 8.56. The third-order valence-corrected chi connectivity index (χ3v) is 6.62. The zero-order chi connectivity index (χ0) is 23.6. The van der Waals surface area contributed by atoms with E-state index in [-0.39, 0.29) is 30.6 Å². The van der Waals surface area contributed by atoms with Gasteiger partial charge in [-0.1, -0.05) is 36.4 Å². The Balaban J connectivity index is 1.53. The van der Waals surface area contributed by atoms with Crippen LogP contribution in [0.3, 0.4) is 0 Å². The maximum atomic E-state index is 14.1. The van der Waals surface area contributed by atoms with Gasteiger partial charge in [-0.2, -0.15) is 5.26 Å². The number of halogens is 3. The van der Waals surface area contributed by atoms with Crippen molar-refractivity contribution in [3.8, 4) is 17.2 Å². The maximum Gasteiger partial charge on any atom is 0.224 e. The lowest BCUT2D eigenvalue weighted by Crippen LogP contribution is -2.47. The van der Waals surface area contributed by atoms with E-state index in [2.05, 4.69) is 6.07 Å². The number of likely N-dealkylation sites (tertiary alicyclic amines) is 1. The first-order valence-corrected chi connectivity index (χ1v) is 10.8. The van der Waals surface area contributed by atoms with Gasteiger partial charge in [-0.05, 0) is 54.3 Å². The lowest BCUT2D eigenvalue weighted by Gasteiger charge is -2.43. The van der Waals surface area contributed by atoms with Gasteiger partial charge >= 0.3 is 0 Å². The Labute approximate surface area is 191 Å². The van der Waals surface area contributed by atoms with Crippen LogP contribution in [0.2, 0.25) is 0 Å². The first-order chi connectivity index (χ1) is 15.8. The first-order valence-electron chi connectivity index (χ1n) is 10.8. The minimum Gasteiger partial charge on any atom is -0.336 e. The van der Waals surface area contributed by atoms with E-state index in [9.17, 15) is 23.2 Å². The molecule has 1 aliphatic heterocycles. The Morgan fingerprint density at radius 1 is 1.00 bits per heavy atom. The number of piperidine rings is 1. The largest absolute Gasteiger partial charge is 0.336 e. The monoisotopic (exact) mass is 448 g/mol. The van der Waals surface area contributed by atoms with Gasteiger partial charge in [-0.3, -0.25) is 4.79 Å². The molecule has 1 saturated heterocycles. The summed E-state index contributed by atoms with van der Waals surface area (Å²) in [6.45, 7) is 2.40. The number of amides is 1. The molecule has 0 radical (unpaired) electrons. The summed E-state index contributed by atoms with van der Waals surface area (Å²) in [6, 6.07) is 18.7. The molecule has 0 spiro atoms. The summed E-state index contributed by atoms with van der Waals surface area (Å²) in [5, 5.41) is 9.40. The van der Waals surface area contributed by atoms with E-state index in [0.717, 1.165) is 17.2 Å². The molecule has 0 saturated carbocycles. The minimum atomic E-state index is -0.628. The molecule has 0 bridgehead atoms. The van der Waals surface area contributed by atoms with Crippen molar-refractivity contribution in [1.82, 2.24) is 4.90 Å². The Hall–Kier alpha value is -3.59. The molecule has 2 atom stereocenters. The second-order valence-corrected chi connectivity index (χ2v) is 8.56. The Kier molecular flexibility index (Phi) is 6.24. The fourth-order valence-corrected chi connectivity index (χ4v) is 4.65. The molecule has 1 heterocycles. The van der Waals surface area contributed by atoms with Crippen molar-refractivity contribution in [2.75, 3.05) is 6.54 Å². The van der Waals surface area contributed by atoms with E-state index in [1.54, 1.807) is 29.2 Å². The van der Waals surface area contributed by atoms with Gasteiger partial charge in [0, 0.05) is 36.4 Å². The molecule has 3 aromatic rings. The van der Waals surface area contributed by atoms with Crippen LogP contribution >= 0.6 is 0 Å². The Bertz CT molecular complexity index is 1200. The molecular weight excluding hydrogens is 425 g/mol. The van der Waals surface area contributed by atoms with Crippen LogP contribution in [-0.4, -0.2) is 17.4 Å². The van der Waals surface area contributed by atoms with Gasteiger partial charge in [0.05, 0.1) is 12.1 Å². The minimum absolute atomic E-state index is 0.0676. The number of carbonyl (C=O) groups is 1. The highest BCUT2D eigenvalue weighted by Crippen LogP contribution is 2.41. The Morgan fingerprint density at radius 2 is 1.67 bits per heavy atom. The summed E-state index contributed by atoms with van der Waals surface area (Å²) in [7, 11) is 0. The summed E-state index contributed by atoms with van der Waals surface area (Å²) in [6.07, 6.45) is 0.959. The third kappa shape index (κ3) is 4.49. The molecule has 33 heavy (non-hydrogen) atoms. The van der Waals surface area contributed by atoms with Crippen molar-refractivity contribution in [3.05, 3.63) is 95.3 Å². The second kappa shape index (κ2) is 9.11. The third-order valence-electron chi connectivity index (χ3n) is 6.62. The number of carbonyl (C=O) groups excluding carboxylic acids is 1. The van der Waals surface area contributed by atoms with E-state index in [1.807, 2.05) is 19.1 Å². The highest BCUT2D eigenvalue weighted by atomic mass is 19.1. The molecule has 4 rings (SSSR count). The van der Waals surface area contributed by atoms with Crippen LogP contribution in [-0.2, 0) is 10.2 Å². The molecule has 0 N–H and O–H groups in total. The number of nitriles is 1. The van der Waals surface area contributed by atoms with E-state index < -0.39 is 17.0 Å². The number of benzene rings is 3. The van der Waals surface area contributed by atoms with Gasteiger partial charge in [-0.15, -0.1) is 0 Å². The summed E-state index contributed by atoms with van der Waals surface area (Å²) in [4.78, 5) is 14.9. The van der Waals surface area contributed by atoms with Crippen molar-refractivity contribution in [1.29, 1.82) is 5.26 Å². The van der Waals surface area contributed by atoms with Gasteiger partial charge in [0.15, 0.2) is 0 Å². The average molecular weight is 448 g/mol. The van der Waals surface area contributed by atoms with Gasteiger partial charge in [0.2, 0.25) is 5.91 Å². The smallest absolute Gasteiger partial charge is 0.224 e. The lowest BCUT2D eigenvalue weighted by molar-refractivity contribution is -0.138. The molecular formula is C27H23F3N2O. The predicted molar refractivity (Wildman–Crippen MR) is 119 cm³/mol. The number of hydrogen-bond donors (Lipinski definition) is 0. The molecule has 6 heteroatoms. The molecule has 0 unspecified atom stereocenters. The van der Waals surface area contributed by atoms with Crippen LogP contribution in [0.5, 0.6) is 0 Å². The molecule has 0 aromatic heterocycles. The van der Waals surface area contributed by atoms with Crippen LogP contribution in [0.4, 0.5) is 13.2 Å². The fraction of sp³-hybridized carbons (Fsp3) is 0.259. The van der Waals surface area contributed by atoms with Gasteiger partial charge in [0.1, 0.15) is 17.5 Å². The predicted octanol–water partition coefficient (Wildman–Crippen LogP) is 6.31. The summed E-state index contributed by atoms with van der Waals surface area (Å²) in [5.74, 6) is -1.68. The van der Waals surface area contributed by atoms with Crippen LogP contribution in [0.15, 0.2) is 66.7 Å². The maximum absolute atomic E-state index is 14.1. The van der Waals surface area contributed by atoms with Crippen LogP contribution in [0, 0.1) is 28.8 Å². The van der Waals surface area contributed by atoms with Crippen molar-refractivity contribution in [3.63, 3.8) is 0 Å². The fourth-order valence-electron chi connectivity index (χ4n) is 4.65. The van der Waals surface area contributed by atoms with Crippen molar-refractivity contribution >= 4 is 5.91 Å². The average Bonchev–Trinajstić information content (AvgIpc) is 2.79. The molecule has 1 aliphatic rings. The van der Waals surface area contributed by atoms with E-state index >= 15 is 0 Å². The molecule has 3 aromatic carbocycles. The zero-order valence-corrected chi connectivity index (χ0v) is 18.2. The van der Waals surface area contributed by atoms with Crippen LogP contribution in [0.1, 0.15) is 43.4 Å². The first kappa shape index (κ1) is 22.6. The number of nitrogens with zero attached hydrogens (tertiary/aromatic N) is 2. The topological polar surface area (TPSA) is 44.1 Å². The van der Waals surface area contributed by atoms with Gasteiger partial charge in [0.25, 0.3) is 0 Å². The summed E-state index contributed by atoms with van der Waals surface area (Å²) < 4.78 is 40.7. The molecule has 1 fully saturated rings. The molecule has 3 nitrogen and oxygen atoms in total. The van der Waals surface area contributed by atoms with Crippen LogP contribution < -0.4 is 0 Å². The van der Waals surface area contributed by atoms with E-state index in [4.69, 9.17) is 0 Å². The van der Waals surface area contributed by atoms with E-state index in [1.165, 1.54) is 24.3 Å². The molecule has 0 aliphatic carbocycles.